The minimum atomic E-state index is -0.810. The summed E-state index contributed by atoms with van der Waals surface area (Å²) in [4.78, 5) is 17.4. The number of alkyl carbamates (subject to hydrolysis) is 1. The number of benzene rings is 1. The fraction of sp³-hybridized carbons (Fsp3) is 0.471. The third-order valence-corrected chi connectivity index (χ3v) is 4.27. The Morgan fingerprint density at radius 1 is 1.24 bits per heavy atom. The summed E-state index contributed by atoms with van der Waals surface area (Å²) >= 11 is 7.43. The zero-order valence-electron chi connectivity index (χ0n) is 14.9. The summed E-state index contributed by atoms with van der Waals surface area (Å²) in [7, 11) is 0. The first-order valence-corrected chi connectivity index (χ1v) is 9.14. The number of aromatic nitrogens is 2. The molecule has 0 aliphatic carbocycles. The minimum Gasteiger partial charge on any atom is -0.444 e. The lowest BCUT2D eigenvalue weighted by molar-refractivity contribution is 0.0465. The summed E-state index contributed by atoms with van der Waals surface area (Å²) in [6.07, 6.45) is -0.528. The lowest BCUT2D eigenvalue weighted by Crippen LogP contribution is -2.44. The van der Waals surface area contributed by atoms with Gasteiger partial charge in [0.15, 0.2) is 5.82 Å². The van der Waals surface area contributed by atoms with Gasteiger partial charge in [-0.25, -0.2) is 4.79 Å². The molecule has 0 bridgehead atoms. The van der Waals surface area contributed by atoms with Gasteiger partial charge in [-0.1, -0.05) is 16.8 Å². The van der Waals surface area contributed by atoms with Crippen molar-refractivity contribution in [3.63, 3.8) is 0 Å². The number of hydrogen-bond donors (Lipinski definition) is 1. The summed E-state index contributed by atoms with van der Waals surface area (Å²) in [6.45, 7) is 9.00. The molecule has 0 unspecified atom stereocenters. The fourth-order valence-electron chi connectivity index (χ4n) is 1.86. The number of nitrogens with zero attached hydrogens (tertiary/aromatic N) is 2. The summed E-state index contributed by atoms with van der Waals surface area (Å²) < 4.78 is 10.5. The molecule has 1 N–H and O–H groups in total. The number of carbonyl (C=O) groups is 1. The zero-order valence-corrected chi connectivity index (χ0v) is 16.5. The average Bonchev–Trinajstić information content (AvgIpc) is 2.94. The van der Waals surface area contributed by atoms with Crippen LogP contribution in [0.2, 0.25) is 5.02 Å². The van der Waals surface area contributed by atoms with Gasteiger partial charge in [-0.2, -0.15) is 4.98 Å². The highest BCUT2D eigenvalue weighted by Crippen LogP contribution is 2.25. The molecule has 8 heteroatoms. The Kier molecular flexibility index (Phi) is 6.00. The summed E-state index contributed by atoms with van der Waals surface area (Å²) in [5.74, 6) is 1.40. The van der Waals surface area contributed by atoms with E-state index in [1.165, 1.54) is 0 Å². The Labute approximate surface area is 156 Å². The van der Waals surface area contributed by atoms with E-state index in [0.29, 0.717) is 22.5 Å². The minimum absolute atomic E-state index is 0.394. The van der Waals surface area contributed by atoms with Crippen LogP contribution in [0.15, 0.2) is 33.7 Å². The first-order chi connectivity index (χ1) is 11.5. The number of ether oxygens (including phenoxy) is 1. The molecule has 1 aromatic heterocycles. The molecule has 2 rings (SSSR count). The molecule has 0 aliphatic rings. The zero-order chi connectivity index (χ0) is 18.7. The highest BCUT2D eigenvalue weighted by Gasteiger charge is 2.30. The predicted molar refractivity (Wildman–Crippen MR) is 97.7 cm³/mol. The van der Waals surface area contributed by atoms with Crippen molar-refractivity contribution in [1.29, 1.82) is 0 Å². The molecule has 25 heavy (non-hydrogen) atoms. The van der Waals surface area contributed by atoms with E-state index in [1.807, 2.05) is 24.3 Å². The normalized spacial score (nSPS) is 12.1. The van der Waals surface area contributed by atoms with Crippen molar-refractivity contribution in [3.05, 3.63) is 41.0 Å². The second kappa shape index (κ2) is 7.66. The third kappa shape index (κ3) is 6.25. The molecular weight excluding hydrogens is 362 g/mol. The third-order valence-electron chi connectivity index (χ3n) is 3.02. The monoisotopic (exact) mass is 383 g/mol. The molecule has 0 saturated carbocycles. The van der Waals surface area contributed by atoms with Gasteiger partial charge in [0.1, 0.15) is 11.1 Å². The number of halogens is 1. The Hall–Kier alpha value is -1.73. The van der Waals surface area contributed by atoms with Crippen molar-refractivity contribution >= 4 is 29.5 Å². The quantitative estimate of drug-likeness (QED) is 0.749. The summed E-state index contributed by atoms with van der Waals surface area (Å²) in [5.41, 5.74) is -1.38. The molecule has 6 nitrogen and oxygen atoms in total. The van der Waals surface area contributed by atoms with Gasteiger partial charge in [-0.3, -0.25) is 0 Å². The van der Waals surface area contributed by atoms with Crippen LogP contribution in [0, 0.1) is 0 Å². The molecule has 1 amide bonds. The van der Waals surface area contributed by atoms with Gasteiger partial charge in [0.25, 0.3) is 0 Å². The number of carbonyl (C=O) groups excluding carboxylic acids is 1. The van der Waals surface area contributed by atoms with Crippen LogP contribution in [0.5, 0.6) is 0 Å². The van der Waals surface area contributed by atoms with Gasteiger partial charge >= 0.3 is 6.09 Å². The van der Waals surface area contributed by atoms with Crippen LogP contribution in [0.1, 0.15) is 46.3 Å². The van der Waals surface area contributed by atoms with Gasteiger partial charge in [0.2, 0.25) is 5.89 Å². The lowest BCUT2D eigenvalue weighted by Gasteiger charge is -2.26. The van der Waals surface area contributed by atoms with Gasteiger partial charge < -0.3 is 14.6 Å². The van der Waals surface area contributed by atoms with Gasteiger partial charge in [0, 0.05) is 9.92 Å². The van der Waals surface area contributed by atoms with Crippen LogP contribution in [0.4, 0.5) is 4.79 Å². The lowest BCUT2D eigenvalue weighted by atomic mass is 10.1. The Morgan fingerprint density at radius 3 is 2.48 bits per heavy atom. The number of nitrogens with one attached hydrogen (secondary N) is 1. The Bertz CT molecular complexity index is 723. The second-order valence-electron chi connectivity index (χ2n) is 7.01. The maximum atomic E-state index is 12.0. The number of amides is 1. The van der Waals surface area contributed by atoms with Crippen molar-refractivity contribution in [2.45, 2.75) is 56.4 Å². The van der Waals surface area contributed by atoms with Crippen molar-refractivity contribution in [1.82, 2.24) is 15.5 Å². The van der Waals surface area contributed by atoms with Crippen LogP contribution >= 0.6 is 23.4 Å². The Balaban J connectivity index is 1.96. The molecule has 1 heterocycles. The van der Waals surface area contributed by atoms with Crippen molar-refractivity contribution < 1.29 is 14.1 Å². The van der Waals surface area contributed by atoms with E-state index in [-0.39, 0.29) is 0 Å². The Morgan fingerprint density at radius 2 is 1.88 bits per heavy atom. The topological polar surface area (TPSA) is 77.2 Å². The second-order valence-corrected chi connectivity index (χ2v) is 8.49. The molecule has 136 valence electrons. The number of thioether (sulfide) groups is 1. The number of rotatable bonds is 5. The fourth-order valence-corrected chi connectivity index (χ4v) is 2.72. The molecule has 1 aromatic carbocycles. The van der Waals surface area contributed by atoms with E-state index in [2.05, 4.69) is 15.5 Å². The van der Waals surface area contributed by atoms with Crippen LogP contribution in [0.25, 0.3) is 0 Å². The molecule has 0 spiro atoms. The van der Waals surface area contributed by atoms with E-state index >= 15 is 0 Å². The summed E-state index contributed by atoms with van der Waals surface area (Å²) in [6, 6.07) is 7.52. The summed E-state index contributed by atoms with van der Waals surface area (Å²) in [5, 5.41) is 7.42. The van der Waals surface area contributed by atoms with Gasteiger partial charge in [-0.05, 0) is 58.9 Å². The molecule has 0 fully saturated rings. The smallest absolute Gasteiger partial charge is 0.408 e. The van der Waals surface area contributed by atoms with Crippen molar-refractivity contribution in [3.8, 4) is 0 Å². The van der Waals surface area contributed by atoms with Crippen molar-refractivity contribution in [2.24, 2.45) is 0 Å². The standard InChI is InChI=1S/C17H22ClN3O3S/c1-16(2,3)23-15(22)20-17(4,5)14-19-13(24-21-14)10-25-12-8-6-11(18)7-9-12/h6-9H,10H2,1-5H3,(H,20,22). The molecule has 2 aromatic rings. The molecule has 0 radical (unpaired) electrons. The van der Waals surface area contributed by atoms with Crippen LogP contribution in [0.3, 0.4) is 0 Å². The highest BCUT2D eigenvalue weighted by atomic mass is 35.5. The molecule has 0 atom stereocenters. The van der Waals surface area contributed by atoms with Crippen LogP contribution in [-0.4, -0.2) is 21.8 Å². The number of hydrogen-bond acceptors (Lipinski definition) is 6. The van der Waals surface area contributed by atoms with Crippen molar-refractivity contribution in [2.75, 3.05) is 0 Å². The van der Waals surface area contributed by atoms with Crippen LogP contribution in [-0.2, 0) is 16.0 Å². The van der Waals surface area contributed by atoms with E-state index in [9.17, 15) is 4.79 Å². The van der Waals surface area contributed by atoms with E-state index < -0.39 is 17.2 Å². The predicted octanol–water partition coefficient (Wildman–Crippen LogP) is 4.78. The largest absolute Gasteiger partial charge is 0.444 e. The first kappa shape index (κ1) is 19.6. The van der Waals surface area contributed by atoms with Crippen LogP contribution < -0.4 is 5.32 Å². The molecular formula is C17H22ClN3O3S. The highest BCUT2D eigenvalue weighted by molar-refractivity contribution is 7.98. The SMILES string of the molecule is CC(C)(C)OC(=O)NC(C)(C)c1noc(CSc2ccc(Cl)cc2)n1. The van der Waals surface area contributed by atoms with E-state index in [1.54, 1.807) is 46.4 Å². The maximum Gasteiger partial charge on any atom is 0.408 e. The van der Waals surface area contributed by atoms with E-state index in [0.717, 1.165) is 4.90 Å². The van der Waals surface area contributed by atoms with Gasteiger partial charge in [-0.15, -0.1) is 11.8 Å². The van der Waals surface area contributed by atoms with Gasteiger partial charge in [0.05, 0.1) is 5.75 Å². The average molecular weight is 384 g/mol. The van der Waals surface area contributed by atoms with E-state index in [4.69, 9.17) is 20.9 Å². The first-order valence-electron chi connectivity index (χ1n) is 7.78. The molecule has 0 aliphatic heterocycles. The molecule has 0 saturated heterocycles. The maximum absolute atomic E-state index is 12.0.